The molecule has 3 aliphatic carbocycles. The lowest BCUT2D eigenvalue weighted by molar-refractivity contribution is -0.143. The van der Waals surface area contributed by atoms with Crippen LogP contribution in [0.1, 0.15) is 37.8 Å². The number of fused-ring (bicyclic) bond motifs is 1. The van der Waals surface area contributed by atoms with E-state index in [1.807, 2.05) is 37.3 Å². The second-order valence-corrected chi connectivity index (χ2v) is 9.02. The molecule has 1 aliphatic heterocycles. The number of hydrogen-bond donors (Lipinski definition) is 1. The summed E-state index contributed by atoms with van der Waals surface area (Å²) in [6.07, 6.45) is 6.13. The number of nitrogens with one attached hydrogen (secondary N) is 1. The lowest BCUT2D eigenvalue weighted by Crippen LogP contribution is -2.38. The third-order valence-corrected chi connectivity index (χ3v) is 7.12. The maximum atomic E-state index is 13.5. The van der Waals surface area contributed by atoms with E-state index in [9.17, 15) is 14.4 Å². The number of ether oxygens (including phenoxy) is 1. The Bertz CT molecular complexity index is 1050. The summed E-state index contributed by atoms with van der Waals surface area (Å²) < 4.78 is 5.45. The first-order chi connectivity index (χ1) is 16.1. The number of amides is 3. The van der Waals surface area contributed by atoms with Crippen molar-refractivity contribution in [3.63, 3.8) is 0 Å². The number of carbonyl (C=O) groups is 3. The van der Waals surface area contributed by atoms with Crippen LogP contribution in [0.2, 0.25) is 0 Å². The van der Waals surface area contributed by atoms with Crippen LogP contribution in [0.3, 0.4) is 0 Å². The molecule has 1 saturated carbocycles. The molecular weight excluding hydrogens is 416 g/mol. The van der Waals surface area contributed by atoms with Crippen molar-refractivity contribution >= 4 is 23.4 Å². The molecule has 2 bridgehead atoms. The van der Waals surface area contributed by atoms with Gasteiger partial charge in [0, 0.05) is 5.69 Å². The number of anilines is 1. The van der Waals surface area contributed by atoms with Gasteiger partial charge in [0.25, 0.3) is 0 Å². The highest BCUT2D eigenvalue weighted by Gasteiger charge is 2.58. The maximum absolute atomic E-state index is 13.5. The van der Waals surface area contributed by atoms with Crippen molar-refractivity contribution in [2.24, 2.45) is 23.7 Å². The van der Waals surface area contributed by atoms with Crippen LogP contribution < -0.4 is 10.1 Å². The molecule has 6 nitrogen and oxygen atoms in total. The number of hydrogen-bond acceptors (Lipinski definition) is 4. The van der Waals surface area contributed by atoms with Gasteiger partial charge in [-0.25, -0.2) is 0 Å². The van der Waals surface area contributed by atoms with E-state index in [1.165, 1.54) is 4.90 Å². The molecule has 0 unspecified atom stereocenters. The molecule has 1 saturated heterocycles. The van der Waals surface area contributed by atoms with Gasteiger partial charge in [-0.05, 0) is 61.4 Å². The standard InChI is InChI=1S/C27H28N2O4/c1-2-33-21-14-12-20(13-15-21)28-23(30)16-22(17-6-4-3-5-7-17)29-26(31)24-18-8-9-19(11-10-18)25(24)27(29)32/h3-9,12-15,18-19,22,24-25H,2,10-11,16H2,1H3,(H,28,30)/t18-,19-,22-,24-,25+/m0/s1. The van der Waals surface area contributed by atoms with Gasteiger partial charge in [0.1, 0.15) is 5.75 Å². The fourth-order valence-electron chi connectivity index (χ4n) is 5.63. The molecule has 0 spiro atoms. The Hall–Kier alpha value is -3.41. The van der Waals surface area contributed by atoms with E-state index in [1.54, 1.807) is 24.3 Å². The predicted molar refractivity (Wildman–Crippen MR) is 124 cm³/mol. The SMILES string of the molecule is CCOc1ccc(NC(=O)C[C@@H](c2ccccc2)N2C(=O)[C@@H]3[C@H](C2=O)[C@H]2C=C[C@H]3CC2)cc1. The average Bonchev–Trinajstić information content (AvgIpc) is 3.12. The summed E-state index contributed by atoms with van der Waals surface area (Å²) in [6.45, 7) is 2.49. The Morgan fingerprint density at radius 2 is 1.58 bits per heavy atom. The highest BCUT2D eigenvalue weighted by molar-refractivity contribution is 6.07. The number of nitrogens with zero attached hydrogens (tertiary/aromatic N) is 1. The molecule has 5 atom stereocenters. The Morgan fingerprint density at radius 1 is 0.970 bits per heavy atom. The Kier molecular flexibility index (Phi) is 5.75. The quantitative estimate of drug-likeness (QED) is 0.509. The molecule has 170 valence electrons. The smallest absolute Gasteiger partial charge is 0.234 e. The van der Waals surface area contributed by atoms with Crippen LogP contribution in [0.5, 0.6) is 5.75 Å². The average molecular weight is 445 g/mol. The van der Waals surface area contributed by atoms with Gasteiger partial charge in [0.05, 0.1) is 30.9 Å². The van der Waals surface area contributed by atoms with Crippen molar-refractivity contribution in [1.29, 1.82) is 0 Å². The minimum atomic E-state index is -0.626. The van der Waals surface area contributed by atoms with E-state index < -0.39 is 6.04 Å². The van der Waals surface area contributed by atoms with E-state index in [0.29, 0.717) is 12.3 Å². The van der Waals surface area contributed by atoms with E-state index in [4.69, 9.17) is 4.74 Å². The van der Waals surface area contributed by atoms with Gasteiger partial charge in [-0.1, -0.05) is 42.5 Å². The van der Waals surface area contributed by atoms with Gasteiger partial charge >= 0.3 is 0 Å². The van der Waals surface area contributed by atoms with E-state index >= 15 is 0 Å². The Balaban J connectivity index is 1.38. The number of allylic oxidation sites excluding steroid dienone is 2. The number of likely N-dealkylation sites (tertiary alicyclic amines) is 1. The monoisotopic (exact) mass is 444 g/mol. The zero-order valence-electron chi connectivity index (χ0n) is 18.6. The normalized spacial score (nSPS) is 26.3. The topological polar surface area (TPSA) is 75.7 Å². The van der Waals surface area contributed by atoms with Crippen molar-refractivity contribution in [3.05, 3.63) is 72.3 Å². The van der Waals surface area contributed by atoms with Crippen LogP contribution in [0.4, 0.5) is 5.69 Å². The number of carbonyl (C=O) groups excluding carboxylic acids is 3. The molecule has 2 aromatic carbocycles. The van der Waals surface area contributed by atoms with Crippen LogP contribution in [0.15, 0.2) is 66.7 Å². The molecule has 6 rings (SSSR count). The summed E-state index contributed by atoms with van der Waals surface area (Å²) in [5.74, 6) is -0.116. The van der Waals surface area contributed by atoms with Crippen molar-refractivity contribution in [1.82, 2.24) is 4.90 Å². The lowest BCUT2D eigenvalue weighted by Gasteiger charge is -2.38. The third kappa shape index (κ3) is 3.94. The van der Waals surface area contributed by atoms with Gasteiger partial charge in [-0.3, -0.25) is 19.3 Å². The highest BCUT2D eigenvalue weighted by Crippen LogP contribution is 2.51. The maximum Gasteiger partial charge on any atom is 0.234 e. The molecule has 2 fully saturated rings. The van der Waals surface area contributed by atoms with Crippen LogP contribution in [0, 0.1) is 23.7 Å². The summed E-state index contributed by atoms with van der Waals surface area (Å²) in [5, 5.41) is 2.90. The van der Waals surface area contributed by atoms with Crippen molar-refractivity contribution < 1.29 is 19.1 Å². The Morgan fingerprint density at radius 3 is 2.12 bits per heavy atom. The Labute approximate surface area is 193 Å². The minimum Gasteiger partial charge on any atom is -0.494 e. The van der Waals surface area contributed by atoms with Crippen LogP contribution in [-0.2, 0) is 14.4 Å². The minimum absolute atomic E-state index is 0.0108. The molecular formula is C27H28N2O4. The molecule has 2 aromatic rings. The summed E-state index contributed by atoms with van der Waals surface area (Å²) >= 11 is 0. The molecule has 1 N–H and O–H groups in total. The van der Waals surface area contributed by atoms with Crippen LogP contribution in [0.25, 0.3) is 0 Å². The fourth-order valence-corrected chi connectivity index (χ4v) is 5.63. The second kappa shape index (κ2) is 8.85. The van der Waals surface area contributed by atoms with E-state index in [2.05, 4.69) is 17.5 Å². The molecule has 1 heterocycles. The van der Waals surface area contributed by atoms with Crippen LogP contribution >= 0.6 is 0 Å². The second-order valence-electron chi connectivity index (χ2n) is 9.02. The zero-order valence-corrected chi connectivity index (χ0v) is 18.6. The first-order valence-electron chi connectivity index (χ1n) is 11.7. The first-order valence-corrected chi connectivity index (χ1v) is 11.7. The van der Waals surface area contributed by atoms with E-state index in [0.717, 1.165) is 24.2 Å². The van der Waals surface area contributed by atoms with Gasteiger partial charge in [0.2, 0.25) is 17.7 Å². The van der Waals surface area contributed by atoms with Gasteiger partial charge in [-0.15, -0.1) is 0 Å². The molecule has 4 aliphatic rings. The summed E-state index contributed by atoms with van der Waals surface area (Å²) in [7, 11) is 0. The van der Waals surface area contributed by atoms with Crippen molar-refractivity contribution in [2.45, 2.75) is 32.2 Å². The fraction of sp³-hybridized carbons (Fsp3) is 0.370. The van der Waals surface area contributed by atoms with Gasteiger partial charge < -0.3 is 10.1 Å². The first kappa shape index (κ1) is 21.4. The largest absolute Gasteiger partial charge is 0.494 e. The summed E-state index contributed by atoms with van der Waals surface area (Å²) in [4.78, 5) is 41.5. The summed E-state index contributed by atoms with van der Waals surface area (Å²) in [5.41, 5.74) is 1.44. The number of benzene rings is 2. The van der Waals surface area contributed by atoms with Gasteiger partial charge in [-0.2, -0.15) is 0 Å². The molecule has 33 heavy (non-hydrogen) atoms. The molecule has 6 heteroatoms. The third-order valence-electron chi connectivity index (χ3n) is 7.12. The highest BCUT2D eigenvalue weighted by atomic mass is 16.5. The number of rotatable bonds is 7. The van der Waals surface area contributed by atoms with Crippen LogP contribution in [-0.4, -0.2) is 29.2 Å². The lowest BCUT2D eigenvalue weighted by atomic mass is 9.63. The molecule has 0 radical (unpaired) electrons. The van der Waals surface area contributed by atoms with Gasteiger partial charge in [0.15, 0.2) is 0 Å². The number of imide groups is 1. The zero-order chi connectivity index (χ0) is 22.9. The summed E-state index contributed by atoms with van der Waals surface area (Å²) in [6, 6.07) is 15.9. The van der Waals surface area contributed by atoms with Crippen molar-refractivity contribution in [3.8, 4) is 5.75 Å². The molecule has 0 aromatic heterocycles. The van der Waals surface area contributed by atoms with E-state index in [-0.39, 0.29) is 47.8 Å². The molecule has 3 amide bonds. The predicted octanol–water partition coefficient (Wildman–Crippen LogP) is 4.35. The van der Waals surface area contributed by atoms with Crippen molar-refractivity contribution in [2.75, 3.05) is 11.9 Å².